The van der Waals surface area contributed by atoms with Crippen molar-refractivity contribution < 1.29 is 19.0 Å². The predicted molar refractivity (Wildman–Crippen MR) is 92.6 cm³/mol. The van der Waals surface area contributed by atoms with E-state index in [-0.39, 0.29) is 36.5 Å². The van der Waals surface area contributed by atoms with Crippen LogP contribution in [0.2, 0.25) is 0 Å². The van der Waals surface area contributed by atoms with Crippen LogP contribution in [-0.4, -0.2) is 30.6 Å². The molecule has 25 heavy (non-hydrogen) atoms. The molecular weight excluding hydrogens is 316 g/mol. The van der Waals surface area contributed by atoms with Crippen molar-refractivity contribution in [1.29, 1.82) is 0 Å². The normalized spacial score (nSPS) is 45.7. The third-order valence-electron chi connectivity index (χ3n) is 7.39. The number of ether oxygens (including phenoxy) is 3. The molecule has 0 aromatic rings. The Hall–Kier alpha value is -0.870. The molecular formula is C21H30O4. The quantitative estimate of drug-likeness (QED) is 0.431. The molecule has 0 aromatic carbocycles. The second-order valence-electron chi connectivity index (χ2n) is 8.76. The van der Waals surface area contributed by atoms with E-state index in [4.69, 9.17) is 14.2 Å². The fourth-order valence-electron chi connectivity index (χ4n) is 6.30. The third-order valence-corrected chi connectivity index (χ3v) is 7.39. The summed E-state index contributed by atoms with van der Waals surface area (Å²) in [5.74, 6) is 2.36. The van der Waals surface area contributed by atoms with Crippen molar-refractivity contribution in [3.63, 3.8) is 0 Å². The fraction of sp³-hybridized carbons (Fsp3) is 0.857. The van der Waals surface area contributed by atoms with Crippen molar-refractivity contribution in [2.24, 2.45) is 29.6 Å². The van der Waals surface area contributed by atoms with E-state index in [2.05, 4.69) is 12.2 Å². The van der Waals surface area contributed by atoms with Crippen molar-refractivity contribution >= 4 is 5.97 Å². The van der Waals surface area contributed by atoms with Gasteiger partial charge in [-0.2, -0.15) is 0 Å². The Morgan fingerprint density at radius 2 is 1.88 bits per heavy atom. The molecule has 3 aliphatic carbocycles. The molecule has 8 unspecified atom stereocenters. The maximum Gasteiger partial charge on any atom is 0.313 e. The fourth-order valence-corrected chi connectivity index (χ4v) is 6.30. The van der Waals surface area contributed by atoms with Crippen molar-refractivity contribution in [2.45, 2.75) is 82.9 Å². The Morgan fingerprint density at radius 3 is 2.64 bits per heavy atom. The summed E-state index contributed by atoms with van der Waals surface area (Å²) in [6.07, 6.45) is 13.8. The highest BCUT2D eigenvalue weighted by molar-refractivity contribution is 5.74. The highest BCUT2D eigenvalue weighted by Crippen LogP contribution is 2.61. The van der Waals surface area contributed by atoms with Gasteiger partial charge in [-0.05, 0) is 49.4 Å². The number of hydrogen-bond donors (Lipinski definition) is 0. The van der Waals surface area contributed by atoms with Gasteiger partial charge in [0.05, 0.1) is 24.2 Å². The minimum absolute atomic E-state index is 0.0784. The first-order chi connectivity index (χ1) is 12.2. The average Bonchev–Trinajstić information content (AvgIpc) is 3.40. The van der Waals surface area contributed by atoms with E-state index >= 15 is 0 Å². The molecule has 5 rings (SSSR count). The number of hydrogen-bond acceptors (Lipinski definition) is 4. The van der Waals surface area contributed by atoms with Gasteiger partial charge in [0.2, 0.25) is 6.29 Å². The molecule has 4 heteroatoms. The monoisotopic (exact) mass is 346 g/mol. The van der Waals surface area contributed by atoms with Crippen LogP contribution in [0.1, 0.15) is 58.3 Å². The van der Waals surface area contributed by atoms with Gasteiger partial charge in [-0.3, -0.25) is 4.79 Å². The minimum atomic E-state index is -0.384. The van der Waals surface area contributed by atoms with Gasteiger partial charge in [0.15, 0.2) is 0 Å². The standard InChI is InChI=1S/C21H30O4/c1-2-17(23-14-6-4-3-5-7-14)25-21(22)15-11-16-18-12-8-9-13(10-12)19(18)20(15)24-16/h8-9,12-20H,2-7,10-11H2,1H3. The predicted octanol–water partition coefficient (Wildman–Crippen LogP) is 3.84. The zero-order chi connectivity index (χ0) is 17.0. The Morgan fingerprint density at radius 1 is 1.12 bits per heavy atom. The molecule has 8 atom stereocenters. The molecule has 5 aliphatic rings. The van der Waals surface area contributed by atoms with Crippen LogP contribution in [0.25, 0.3) is 0 Å². The first-order valence-corrected chi connectivity index (χ1v) is 10.4. The van der Waals surface area contributed by atoms with Gasteiger partial charge >= 0.3 is 5.97 Å². The smallest absolute Gasteiger partial charge is 0.313 e. The summed E-state index contributed by atoms with van der Waals surface area (Å²) in [5.41, 5.74) is 0. The van der Waals surface area contributed by atoms with E-state index in [9.17, 15) is 4.79 Å². The Kier molecular flexibility index (Phi) is 4.16. The average molecular weight is 346 g/mol. The number of allylic oxidation sites excluding steroid dienone is 2. The summed E-state index contributed by atoms with van der Waals surface area (Å²) in [7, 11) is 0. The highest BCUT2D eigenvalue weighted by atomic mass is 16.7. The molecule has 0 N–H and O–H groups in total. The van der Waals surface area contributed by atoms with Crippen LogP contribution in [0.4, 0.5) is 0 Å². The summed E-state index contributed by atoms with van der Waals surface area (Å²) >= 11 is 0. The molecule has 4 nitrogen and oxygen atoms in total. The van der Waals surface area contributed by atoms with E-state index in [1.165, 1.54) is 25.7 Å². The maximum absolute atomic E-state index is 12.8. The molecule has 2 aliphatic heterocycles. The zero-order valence-electron chi connectivity index (χ0n) is 15.1. The molecule has 4 bridgehead atoms. The van der Waals surface area contributed by atoms with Gasteiger partial charge in [-0.1, -0.05) is 38.3 Å². The van der Waals surface area contributed by atoms with Crippen LogP contribution in [0.15, 0.2) is 12.2 Å². The molecule has 0 radical (unpaired) electrons. The zero-order valence-corrected chi connectivity index (χ0v) is 15.1. The van der Waals surface area contributed by atoms with Crippen molar-refractivity contribution in [1.82, 2.24) is 0 Å². The number of fused-ring (bicyclic) bond motifs is 9. The lowest BCUT2D eigenvalue weighted by Gasteiger charge is -2.33. The molecule has 138 valence electrons. The summed E-state index contributed by atoms with van der Waals surface area (Å²) in [5, 5.41) is 0. The minimum Gasteiger partial charge on any atom is -0.435 e. The van der Waals surface area contributed by atoms with Crippen LogP contribution in [0.5, 0.6) is 0 Å². The third kappa shape index (κ3) is 2.68. The second kappa shape index (κ2) is 6.38. The van der Waals surface area contributed by atoms with Gasteiger partial charge in [0.25, 0.3) is 0 Å². The lowest BCUT2D eigenvalue weighted by Crippen LogP contribution is -2.41. The van der Waals surface area contributed by atoms with Crippen LogP contribution in [-0.2, 0) is 19.0 Å². The molecule has 2 heterocycles. The van der Waals surface area contributed by atoms with Gasteiger partial charge in [-0.15, -0.1) is 0 Å². The number of carbonyl (C=O) groups is 1. The second-order valence-corrected chi connectivity index (χ2v) is 8.76. The van der Waals surface area contributed by atoms with Crippen molar-refractivity contribution in [3.05, 3.63) is 12.2 Å². The Bertz CT molecular complexity index is 552. The molecule has 2 saturated carbocycles. The van der Waals surface area contributed by atoms with Gasteiger partial charge in [0.1, 0.15) is 0 Å². The molecule has 0 amide bonds. The summed E-state index contributed by atoms with van der Waals surface area (Å²) in [6.45, 7) is 2.04. The van der Waals surface area contributed by atoms with Crippen LogP contribution in [0, 0.1) is 29.6 Å². The van der Waals surface area contributed by atoms with E-state index in [1.807, 2.05) is 6.92 Å². The number of carbonyl (C=O) groups excluding carboxylic acids is 1. The van der Waals surface area contributed by atoms with E-state index in [1.54, 1.807) is 0 Å². The lowest BCUT2D eigenvalue weighted by molar-refractivity contribution is -0.199. The highest BCUT2D eigenvalue weighted by Gasteiger charge is 2.64. The Balaban J connectivity index is 1.21. The van der Waals surface area contributed by atoms with E-state index in [0.717, 1.165) is 25.7 Å². The first kappa shape index (κ1) is 16.3. The van der Waals surface area contributed by atoms with Gasteiger partial charge in [-0.25, -0.2) is 0 Å². The molecule has 0 spiro atoms. The molecule has 4 fully saturated rings. The topological polar surface area (TPSA) is 44.8 Å². The SMILES string of the molecule is CCC(OC(=O)C1CC2OC1C1C3C=CC(C3)C21)OC1CCCCC1. The number of rotatable bonds is 5. The molecule has 2 saturated heterocycles. The summed E-state index contributed by atoms with van der Waals surface area (Å²) in [4.78, 5) is 12.8. The number of esters is 1. The lowest BCUT2D eigenvalue weighted by atomic mass is 9.69. The summed E-state index contributed by atoms with van der Waals surface area (Å²) in [6, 6.07) is 0. The van der Waals surface area contributed by atoms with E-state index in [0.29, 0.717) is 23.7 Å². The van der Waals surface area contributed by atoms with Crippen molar-refractivity contribution in [2.75, 3.05) is 0 Å². The van der Waals surface area contributed by atoms with Crippen molar-refractivity contribution in [3.8, 4) is 0 Å². The maximum atomic E-state index is 12.8. The van der Waals surface area contributed by atoms with Crippen LogP contribution < -0.4 is 0 Å². The first-order valence-electron chi connectivity index (χ1n) is 10.4. The van der Waals surface area contributed by atoms with Crippen LogP contribution >= 0.6 is 0 Å². The van der Waals surface area contributed by atoms with Crippen LogP contribution in [0.3, 0.4) is 0 Å². The van der Waals surface area contributed by atoms with Gasteiger partial charge < -0.3 is 14.2 Å². The Labute approximate surface area is 150 Å². The summed E-state index contributed by atoms with van der Waals surface area (Å²) < 4.78 is 18.1. The largest absolute Gasteiger partial charge is 0.435 e. The van der Waals surface area contributed by atoms with E-state index < -0.39 is 0 Å². The molecule has 0 aromatic heterocycles. The van der Waals surface area contributed by atoms with Gasteiger partial charge in [0, 0.05) is 6.42 Å².